The molecule has 0 saturated heterocycles. The van der Waals surface area contributed by atoms with E-state index in [2.05, 4.69) is 146 Å². The maximum absolute atomic E-state index is 9.58. The molecule has 64 heavy (non-hydrogen) atoms. The normalized spacial score (nSPS) is 12.8. The predicted molar refractivity (Wildman–Crippen MR) is 255 cm³/mol. The predicted octanol–water partition coefficient (Wildman–Crippen LogP) is 14.3. The highest BCUT2D eigenvalue weighted by molar-refractivity contribution is 6.09. The Morgan fingerprint density at radius 3 is 1.55 bits per heavy atom. The third kappa shape index (κ3) is 5.20. The van der Waals surface area contributed by atoms with Crippen molar-refractivity contribution in [2.24, 2.45) is 0 Å². The van der Waals surface area contributed by atoms with Crippen molar-refractivity contribution in [1.82, 2.24) is 15.0 Å². The molecule has 0 fully saturated rings. The Balaban J connectivity index is 0.874. The van der Waals surface area contributed by atoms with Gasteiger partial charge in [-0.25, -0.2) is 15.0 Å². The van der Waals surface area contributed by atoms with Crippen LogP contribution in [-0.2, 0) is 5.41 Å². The topological polar surface area (TPSA) is 75.6 Å². The molecule has 0 amide bonds. The number of para-hydroxylation sites is 1. The van der Waals surface area contributed by atoms with Gasteiger partial charge in [0.2, 0.25) is 0 Å². The van der Waals surface area contributed by atoms with Gasteiger partial charge in [-0.3, -0.25) is 0 Å². The smallest absolute Gasteiger partial charge is 0.167 e. The van der Waals surface area contributed by atoms with E-state index < -0.39 is 0 Å². The summed E-state index contributed by atoms with van der Waals surface area (Å²) in [6.45, 7) is 0. The molecule has 2 aliphatic carbocycles. The molecule has 2 aromatic heterocycles. The lowest BCUT2D eigenvalue weighted by atomic mass is 9.70. The summed E-state index contributed by atoms with van der Waals surface area (Å²) in [5.74, 6) is 1.65. The van der Waals surface area contributed by atoms with Crippen LogP contribution in [0.2, 0.25) is 0 Å². The molecule has 296 valence electrons. The molecule has 11 aromatic rings. The molecular weight excluding hydrogens is 781 g/mol. The molecule has 1 spiro atoms. The van der Waals surface area contributed by atoms with E-state index in [-0.39, 0.29) is 5.41 Å². The van der Waals surface area contributed by atoms with Crippen LogP contribution >= 0.6 is 0 Å². The Kier molecular flexibility index (Phi) is 7.82. The van der Waals surface area contributed by atoms with Crippen molar-refractivity contribution >= 4 is 21.9 Å². The average molecular weight is 815 g/mol. The molecule has 5 heteroatoms. The van der Waals surface area contributed by atoms with E-state index in [1.54, 1.807) is 6.07 Å². The molecule has 0 aliphatic heterocycles. The summed E-state index contributed by atoms with van der Waals surface area (Å²) in [4.78, 5) is 15.1. The van der Waals surface area contributed by atoms with Crippen molar-refractivity contribution in [3.8, 4) is 84.7 Å². The first kappa shape index (κ1) is 36.0. The Morgan fingerprint density at radius 2 is 0.875 bits per heavy atom. The third-order valence-electron chi connectivity index (χ3n) is 13.2. The first-order valence-corrected chi connectivity index (χ1v) is 21.5. The van der Waals surface area contributed by atoms with Crippen molar-refractivity contribution < 1.29 is 4.42 Å². The highest BCUT2D eigenvalue weighted by Gasteiger charge is 2.51. The standard InChI is InChI=1S/C59H34N4O/c60-35-36-24-33-53-48(34-36)45-18-10-19-47(55(45)64-53)58-62-56(40-12-2-1-3-13-40)61-57(63-58)41-31-27-38(28-32-41)37-25-29-39(30-26-37)42-17-11-23-52-54(42)46-16-6-9-22-51(46)59(52)49-20-7-4-14-43(49)44-15-5-8-21-50(44)59/h1-34H. The molecule has 0 radical (unpaired) electrons. The van der Waals surface area contributed by atoms with E-state index in [1.807, 2.05) is 60.7 Å². The first-order valence-electron chi connectivity index (χ1n) is 21.5. The average Bonchev–Trinajstić information content (AvgIpc) is 4.00. The van der Waals surface area contributed by atoms with Gasteiger partial charge in [0.15, 0.2) is 17.5 Å². The fourth-order valence-corrected chi connectivity index (χ4v) is 10.4. The van der Waals surface area contributed by atoms with Gasteiger partial charge in [0.1, 0.15) is 11.2 Å². The quantitative estimate of drug-likeness (QED) is 0.173. The van der Waals surface area contributed by atoms with Crippen LogP contribution in [-0.4, -0.2) is 15.0 Å². The van der Waals surface area contributed by atoms with Gasteiger partial charge in [-0.1, -0.05) is 182 Å². The number of hydrogen-bond acceptors (Lipinski definition) is 5. The zero-order chi connectivity index (χ0) is 42.4. The first-order chi connectivity index (χ1) is 31.7. The number of nitrogens with zero attached hydrogens (tertiary/aromatic N) is 4. The van der Waals surface area contributed by atoms with Crippen LogP contribution in [0.5, 0.6) is 0 Å². The van der Waals surface area contributed by atoms with E-state index >= 15 is 0 Å². The molecule has 0 saturated carbocycles. The number of hydrogen-bond donors (Lipinski definition) is 0. The van der Waals surface area contributed by atoms with Crippen LogP contribution in [0.15, 0.2) is 211 Å². The lowest BCUT2D eigenvalue weighted by molar-refractivity contribution is 0.669. The molecule has 13 rings (SSSR count). The third-order valence-corrected chi connectivity index (χ3v) is 13.2. The Bertz CT molecular complexity index is 3680. The van der Waals surface area contributed by atoms with Gasteiger partial charge < -0.3 is 4.42 Å². The largest absolute Gasteiger partial charge is 0.455 e. The lowest BCUT2D eigenvalue weighted by Gasteiger charge is -2.30. The molecular formula is C59H34N4O. The molecule has 0 atom stereocenters. The summed E-state index contributed by atoms with van der Waals surface area (Å²) in [7, 11) is 0. The van der Waals surface area contributed by atoms with Crippen LogP contribution in [0.1, 0.15) is 27.8 Å². The van der Waals surface area contributed by atoms with Gasteiger partial charge >= 0.3 is 0 Å². The summed E-state index contributed by atoms with van der Waals surface area (Å²) >= 11 is 0. The van der Waals surface area contributed by atoms with E-state index in [1.165, 1.54) is 55.6 Å². The summed E-state index contributed by atoms with van der Waals surface area (Å²) in [5.41, 5.74) is 19.3. The summed E-state index contributed by atoms with van der Waals surface area (Å²) in [6.07, 6.45) is 0. The molecule has 5 nitrogen and oxygen atoms in total. The second kappa shape index (κ2) is 13.9. The van der Waals surface area contributed by atoms with Crippen molar-refractivity contribution in [3.05, 3.63) is 234 Å². The van der Waals surface area contributed by atoms with Crippen molar-refractivity contribution in [2.75, 3.05) is 0 Å². The molecule has 2 aliphatic rings. The maximum atomic E-state index is 9.58. The van der Waals surface area contributed by atoms with Crippen LogP contribution in [0.4, 0.5) is 0 Å². The van der Waals surface area contributed by atoms with Crippen molar-refractivity contribution in [2.45, 2.75) is 5.41 Å². The van der Waals surface area contributed by atoms with E-state index in [4.69, 9.17) is 19.4 Å². The number of furan rings is 1. The molecule has 2 heterocycles. The van der Waals surface area contributed by atoms with Crippen LogP contribution in [0.3, 0.4) is 0 Å². The fraction of sp³-hybridized carbons (Fsp3) is 0.0169. The van der Waals surface area contributed by atoms with Gasteiger partial charge in [-0.05, 0) is 91.0 Å². The van der Waals surface area contributed by atoms with Crippen LogP contribution < -0.4 is 0 Å². The number of nitriles is 1. The molecule has 0 unspecified atom stereocenters. The minimum absolute atomic E-state index is 0.373. The summed E-state index contributed by atoms with van der Waals surface area (Å²) in [6, 6.07) is 74.8. The second-order valence-corrected chi connectivity index (χ2v) is 16.5. The van der Waals surface area contributed by atoms with Crippen molar-refractivity contribution in [3.63, 3.8) is 0 Å². The minimum Gasteiger partial charge on any atom is -0.455 e. The van der Waals surface area contributed by atoms with E-state index in [0.717, 1.165) is 38.6 Å². The zero-order valence-corrected chi connectivity index (χ0v) is 34.3. The summed E-state index contributed by atoms with van der Waals surface area (Å²) in [5, 5.41) is 11.4. The molecule has 9 aromatic carbocycles. The SMILES string of the molecule is N#Cc1ccc2oc3c(-c4nc(-c5ccccc5)nc(-c5ccc(-c6ccc(-c7cccc8c7-c7ccccc7C87c8ccccc8-c8ccccc87)cc6)cc5)n4)cccc3c2c1. The molecule has 0 N–H and O–H groups in total. The number of aromatic nitrogens is 3. The summed E-state index contributed by atoms with van der Waals surface area (Å²) < 4.78 is 6.40. The number of benzene rings is 9. The monoisotopic (exact) mass is 814 g/mol. The minimum atomic E-state index is -0.373. The van der Waals surface area contributed by atoms with Gasteiger partial charge in [-0.15, -0.1) is 0 Å². The Morgan fingerprint density at radius 1 is 0.375 bits per heavy atom. The van der Waals surface area contributed by atoms with Gasteiger partial charge in [0.25, 0.3) is 0 Å². The second-order valence-electron chi connectivity index (χ2n) is 16.5. The lowest BCUT2D eigenvalue weighted by Crippen LogP contribution is -2.25. The van der Waals surface area contributed by atoms with E-state index in [9.17, 15) is 5.26 Å². The maximum Gasteiger partial charge on any atom is 0.167 e. The van der Waals surface area contributed by atoms with Gasteiger partial charge in [-0.2, -0.15) is 5.26 Å². The van der Waals surface area contributed by atoms with Gasteiger partial charge in [0.05, 0.1) is 22.6 Å². The Hall–Kier alpha value is -8.72. The molecule has 0 bridgehead atoms. The Labute approximate surface area is 369 Å². The van der Waals surface area contributed by atoms with E-state index in [0.29, 0.717) is 34.2 Å². The fourth-order valence-electron chi connectivity index (χ4n) is 10.4. The number of fused-ring (bicyclic) bond motifs is 13. The van der Waals surface area contributed by atoms with Crippen LogP contribution in [0, 0.1) is 11.3 Å². The zero-order valence-electron chi connectivity index (χ0n) is 34.3. The highest BCUT2D eigenvalue weighted by atomic mass is 16.3. The van der Waals surface area contributed by atoms with Gasteiger partial charge in [0, 0.05) is 21.9 Å². The number of rotatable bonds is 5. The highest BCUT2D eigenvalue weighted by Crippen LogP contribution is 2.64. The van der Waals surface area contributed by atoms with Crippen LogP contribution in [0.25, 0.3) is 101 Å². The van der Waals surface area contributed by atoms with Crippen molar-refractivity contribution in [1.29, 1.82) is 5.26 Å².